The first-order valence-corrected chi connectivity index (χ1v) is 10.4. The van der Waals surface area contributed by atoms with Gasteiger partial charge in [-0.25, -0.2) is 4.98 Å². The van der Waals surface area contributed by atoms with E-state index in [1.54, 1.807) is 17.5 Å². The Bertz CT molecular complexity index is 909. The van der Waals surface area contributed by atoms with Gasteiger partial charge in [-0.05, 0) is 49.9 Å². The van der Waals surface area contributed by atoms with Gasteiger partial charge >= 0.3 is 0 Å². The third-order valence-electron chi connectivity index (χ3n) is 4.89. The van der Waals surface area contributed by atoms with Crippen molar-refractivity contribution in [3.05, 3.63) is 64.7 Å². The lowest BCUT2D eigenvalue weighted by Gasteiger charge is -2.25. The summed E-state index contributed by atoms with van der Waals surface area (Å²) in [7, 11) is 0. The van der Waals surface area contributed by atoms with E-state index in [0.29, 0.717) is 13.0 Å². The van der Waals surface area contributed by atoms with Crippen molar-refractivity contribution >= 4 is 22.3 Å². The van der Waals surface area contributed by atoms with Crippen molar-refractivity contribution in [3.8, 4) is 0 Å². The van der Waals surface area contributed by atoms with Gasteiger partial charge in [0.2, 0.25) is 0 Å². The number of aryl methyl sites for hydroxylation is 1. The number of ketones is 1. The van der Waals surface area contributed by atoms with E-state index in [9.17, 15) is 4.79 Å². The highest BCUT2D eigenvalue weighted by Crippen LogP contribution is 2.25. The second kappa shape index (κ2) is 8.05. The highest BCUT2D eigenvalue weighted by molar-refractivity contribution is 7.13. The molecule has 4 heterocycles. The summed E-state index contributed by atoms with van der Waals surface area (Å²) in [6, 6.07) is 7.63. The lowest BCUT2D eigenvalue weighted by Crippen LogP contribution is -2.29. The highest BCUT2D eigenvalue weighted by Gasteiger charge is 2.17. The molecular formula is C21H24N4OS. The molecule has 0 N–H and O–H groups in total. The Morgan fingerprint density at radius 3 is 2.81 bits per heavy atom. The molecule has 0 aliphatic carbocycles. The van der Waals surface area contributed by atoms with Crippen LogP contribution in [0.2, 0.25) is 0 Å². The molecule has 0 bridgehead atoms. The van der Waals surface area contributed by atoms with Crippen molar-refractivity contribution in [2.45, 2.75) is 39.2 Å². The molecule has 0 spiro atoms. The van der Waals surface area contributed by atoms with Crippen LogP contribution >= 0.6 is 11.3 Å². The molecule has 140 valence electrons. The predicted octanol–water partition coefficient (Wildman–Crippen LogP) is 4.11. The molecule has 0 radical (unpaired) electrons. The third-order valence-corrected chi connectivity index (χ3v) is 5.84. The van der Waals surface area contributed by atoms with Crippen LogP contribution in [0, 0.1) is 6.92 Å². The normalized spacial score (nSPS) is 14.5. The number of thiazole rings is 1. The van der Waals surface area contributed by atoms with Crippen LogP contribution in [0.5, 0.6) is 0 Å². The Hall–Kier alpha value is -2.47. The number of piperidine rings is 1. The van der Waals surface area contributed by atoms with Crippen LogP contribution in [0.25, 0.3) is 0 Å². The minimum absolute atomic E-state index is 0.0910. The minimum atomic E-state index is 0.0910. The molecule has 27 heavy (non-hydrogen) atoms. The monoisotopic (exact) mass is 380 g/mol. The topological polar surface area (TPSA) is 51.0 Å². The summed E-state index contributed by atoms with van der Waals surface area (Å²) in [5, 5.41) is 3.22. The number of pyridine rings is 1. The summed E-state index contributed by atoms with van der Waals surface area (Å²) in [4.78, 5) is 24.3. The average Bonchev–Trinajstić information content (AvgIpc) is 3.30. The molecule has 6 heteroatoms. The molecule has 5 nitrogen and oxygen atoms in total. The van der Waals surface area contributed by atoms with Gasteiger partial charge in [-0.1, -0.05) is 6.07 Å². The van der Waals surface area contributed by atoms with Crippen LogP contribution in [-0.4, -0.2) is 33.4 Å². The number of rotatable bonds is 6. The standard InChI is InChI=1S/C21H24N4OS/c1-16-11-19(20(26)12-17-7-3-4-8-22-17)25(13-16)14-18-15-27-21(23-18)24-9-5-2-6-10-24/h3-4,7-8,11,13,15H,2,5-6,9-10,12,14H2,1H3. The molecule has 3 aromatic rings. The molecule has 1 saturated heterocycles. The van der Waals surface area contributed by atoms with Gasteiger partial charge in [-0.3, -0.25) is 9.78 Å². The van der Waals surface area contributed by atoms with Gasteiger partial charge in [-0.15, -0.1) is 11.3 Å². The fourth-order valence-electron chi connectivity index (χ4n) is 3.55. The third kappa shape index (κ3) is 4.27. The van der Waals surface area contributed by atoms with E-state index in [2.05, 4.69) is 15.3 Å². The van der Waals surface area contributed by atoms with Crippen molar-refractivity contribution in [2.24, 2.45) is 0 Å². The molecule has 0 saturated carbocycles. The van der Waals surface area contributed by atoms with Gasteiger partial charge in [0.25, 0.3) is 0 Å². The summed E-state index contributed by atoms with van der Waals surface area (Å²) in [6.45, 7) is 4.85. The fraction of sp³-hybridized carbons (Fsp3) is 0.381. The number of carbonyl (C=O) groups excluding carboxylic acids is 1. The van der Waals surface area contributed by atoms with E-state index in [0.717, 1.165) is 40.9 Å². The predicted molar refractivity (Wildman–Crippen MR) is 109 cm³/mol. The number of Topliss-reactive ketones (excluding diaryl/α,β-unsaturated/α-hetero) is 1. The zero-order valence-electron chi connectivity index (χ0n) is 15.6. The van der Waals surface area contributed by atoms with Gasteiger partial charge in [0.05, 0.1) is 24.4 Å². The van der Waals surface area contributed by atoms with E-state index in [1.165, 1.54) is 19.3 Å². The molecular weight excluding hydrogens is 356 g/mol. The van der Waals surface area contributed by atoms with E-state index >= 15 is 0 Å². The van der Waals surface area contributed by atoms with Gasteiger partial charge in [0.1, 0.15) is 0 Å². The number of hydrogen-bond donors (Lipinski definition) is 0. The summed E-state index contributed by atoms with van der Waals surface area (Å²) >= 11 is 1.71. The van der Waals surface area contributed by atoms with E-state index in [4.69, 9.17) is 4.98 Å². The number of hydrogen-bond acceptors (Lipinski definition) is 5. The zero-order valence-corrected chi connectivity index (χ0v) is 16.4. The number of anilines is 1. The highest BCUT2D eigenvalue weighted by atomic mass is 32.1. The quantitative estimate of drug-likeness (QED) is 0.604. The lowest BCUT2D eigenvalue weighted by atomic mass is 10.1. The maximum absolute atomic E-state index is 12.8. The first-order valence-electron chi connectivity index (χ1n) is 9.48. The van der Waals surface area contributed by atoms with Crippen LogP contribution in [0.15, 0.2) is 42.0 Å². The number of carbonyl (C=O) groups is 1. The molecule has 1 fully saturated rings. The molecule has 0 amide bonds. The smallest absolute Gasteiger partial charge is 0.185 e. The summed E-state index contributed by atoms with van der Waals surface area (Å²) in [6.07, 6.45) is 7.89. The number of nitrogens with zero attached hydrogens (tertiary/aromatic N) is 4. The van der Waals surface area contributed by atoms with Crippen LogP contribution < -0.4 is 4.90 Å². The number of aromatic nitrogens is 3. The maximum atomic E-state index is 12.8. The van der Waals surface area contributed by atoms with Gasteiger partial charge < -0.3 is 9.47 Å². The van der Waals surface area contributed by atoms with E-state index < -0.39 is 0 Å². The van der Waals surface area contributed by atoms with Crippen molar-refractivity contribution in [1.82, 2.24) is 14.5 Å². The summed E-state index contributed by atoms with van der Waals surface area (Å²) in [5.74, 6) is 0.0910. The Morgan fingerprint density at radius 2 is 2.04 bits per heavy atom. The molecule has 1 aliphatic rings. The Kier molecular flexibility index (Phi) is 5.34. The summed E-state index contributed by atoms with van der Waals surface area (Å²) in [5.41, 5.74) is 3.63. The van der Waals surface area contributed by atoms with Crippen molar-refractivity contribution in [3.63, 3.8) is 0 Å². The average molecular weight is 381 g/mol. The van der Waals surface area contributed by atoms with Crippen LogP contribution in [0.3, 0.4) is 0 Å². The molecule has 0 unspecified atom stereocenters. The molecule has 3 aromatic heterocycles. The maximum Gasteiger partial charge on any atom is 0.185 e. The van der Waals surface area contributed by atoms with Crippen LogP contribution in [-0.2, 0) is 13.0 Å². The van der Waals surface area contributed by atoms with Gasteiger partial charge in [0.15, 0.2) is 10.9 Å². The first-order chi connectivity index (χ1) is 13.2. The second-order valence-electron chi connectivity index (χ2n) is 7.12. The Balaban J connectivity index is 1.49. The SMILES string of the molecule is Cc1cc(C(=O)Cc2ccccn2)n(Cc2csc(N3CCCCC3)n2)c1. The minimum Gasteiger partial charge on any atom is -0.348 e. The Labute approximate surface area is 163 Å². The van der Waals surface area contributed by atoms with Gasteiger partial charge in [-0.2, -0.15) is 0 Å². The van der Waals surface area contributed by atoms with Crippen molar-refractivity contribution in [1.29, 1.82) is 0 Å². The van der Waals surface area contributed by atoms with Crippen molar-refractivity contribution < 1.29 is 4.79 Å². The molecule has 0 atom stereocenters. The largest absolute Gasteiger partial charge is 0.348 e. The zero-order chi connectivity index (χ0) is 18.6. The molecule has 0 aromatic carbocycles. The van der Waals surface area contributed by atoms with Crippen molar-refractivity contribution in [2.75, 3.05) is 18.0 Å². The van der Waals surface area contributed by atoms with Gasteiger partial charge in [0, 0.05) is 36.6 Å². The van der Waals surface area contributed by atoms with E-state index in [-0.39, 0.29) is 5.78 Å². The lowest BCUT2D eigenvalue weighted by molar-refractivity contribution is 0.0983. The summed E-state index contributed by atoms with van der Waals surface area (Å²) < 4.78 is 2.02. The first kappa shape index (κ1) is 17.9. The van der Waals surface area contributed by atoms with Crippen LogP contribution in [0.1, 0.15) is 46.7 Å². The Morgan fingerprint density at radius 1 is 1.19 bits per heavy atom. The second-order valence-corrected chi connectivity index (χ2v) is 7.96. The van der Waals surface area contributed by atoms with E-state index in [1.807, 2.05) is 42.0 Å². The molecule has 1 aliphatic heterocycles. The molecule has 4 rings (SSSR count). The fourth-order valence-corrected chi connectivity index (χ4v) is 4.42. The van der Waals surface area contributed by atoms with Crippen LogP contribution in [0.4, 0.5) is 5.13 Å².